The Morgan fingerprint density at radius 2 is 1.94 bits per heavy atom. The first-order valence-electron chi connectivity index (χ1n) is 12.2. The van der Waals surface area contributed by atoms with E-state index in [0.29, 0.717) is 36.1 Å². The first kappa shape index (κ1) is 23.6. The van der Waals surface area contributed by atoms with Crippen LogP contribution in [0, 0.1) is 11.7 Å². The summed E-state index contributed by atoms with van der Waals surface area (Å²) in [6.07, 6.45) is 2.68. The first-order chi connectivity index (χ1) is 16.4. The molecule has 3 aliphatic rings. The Hall–Kier alpha value is -3.10. The van der Waals surface area contributed by atoms with Gasteiger partial charge in [-0.05, 0) is 65.5 Å². The van der Waals surface area contributed by atoms with Gasteiger partial charge in [-0.2, -0.15) is 0 Å². The Labute approximate surface area is 203 Å². The van der Waals surface area contributed by atoms with Crippen LogP contribution in [-0.2, 0) is 15.9 Å². The lowest BCUT2D eigenvalue weighted by molar-refractivity contribution is 0.0476. The molecule has 1 amide bonds. The number of nitrogens with zero attached hydrogens (tertiary/aromatic N) is 2. The number of aromatic nitrogens is 1. The molecule has 35 heavy (non-hydrogen) atoms. The van der Waals surface area contributed by atoms with Gasteiger partial charge in [0.05, 0.1) is 18.3 Å². The van der Waals surface area contributed by atoms with Gasteiger partial charge < -0.3 is 24.3 Å². The Bertz CT molecular complexity index is 1290. The van der Waals surface area contributed by atoms with E-state index in [1.165, 1.54) is 19.2 Å². The van der Waals surface area contributed by atoms with E-state index < -0.39 is 23.2 Å². The molecule has 1 saturated heterocycles. The minimum atomic E-state index is -0.722. The van der Waals surface area contributed by atoms with Crippen molar-refractivity contribution in [2.45, 2.75) is 70.6 Å². The zero-order valence-electron chi connectivity index (χ0n) is 20.9. The number of carbonyl (C=O) groups excluding carboxylic acids is 2. The summed E-state index contributed by atoms with van der Waals surface area (Å²) in [6.45, 7) is 8.69. The molecular formula is C26H32FN3O5. The Morgan fingerprint density at radius 1 is 1.23 bits per heavy atom. The van der Waals surface area contributed by atoms with Crippen molar-refractivity contribution >= 4 is 28.7 Å². The summed E-state index contributed by atoms with van der Waals surface area (Å²) in [7, 11) is 1.22. The van der Waals surface area contributed by atoms with Gasteiger partial charge in [0.2, 0.25) is 0 Å². The van der Waals surface area contributed by atoms with Crippen LogP contribution in [0.4, 0.5) is 14.9 Å². The molecule has 0 bridgehead atoms. The van der Waals surface area contributed by atoms with E-state index in [1.54, 1.807) is 4.57 Å². The van der Waals surface area contributed by atoms with Crippen LogP contribution < -0.4 is 15.8 Å². The minimum absolute atomic E-state index is 0.0861. The molecule has 1 saturated carbocycles. The van der Waals surface area contributed by atoms with Crippen molar-refractivity contribution in [3.8, 4) is 0 Å². The van der Waals surface area contributed by atoms with Crippen molar-refractivity contribution < 1.29 is 23.5 Å². The van der Waals surface area contributed by atoms with Gasteiger partial charge in [-0.25, -0.2) is 14.0 Å². The fourth-order valence-corrected chi connectivity index (χ4v) is 5.84. The number of alkyl carbamates (subject to hydrolysis) is 1. The highest BCUT2D eigenvalue weighted by Gasteiger charge is 2.53. The summed E-state index contributed by atoms with van der Waals surface area (Å²) in [5, 5.41) is 3.61. The number of pyridine rings is 1. The fourth-order valence-electron chi connectivity index (χ4n) is 5.84. The molecule has 188 valence electrons. The molecule has 2 aromatic rings. The molecule has 1 unspecified atom stereocenters. The van der Waals surface area contributed by atoms with Gasteiger partial charge in [-0.15, -0.1) is 0 Å². The molecular weight excluding hydrogens is 453 g/mol. The van der Waals surface area contributed by atoms with Crippen LogP contribution in [0.5, 0.6) is 0 Å². The lowest BCUT2D eigenvalue weighted by atomic mass is 9.96. The number of rotatable bonds is 4. The van der Waals surface area contributed by atoms with Crippen molar-refractivity contribution in [3.05, 3.63) is 39.4 Å². The number of benzene rings is 1. The Morgan fingerprint density at radius 3 is 2.57 bits per heavy atom. The highest BCUT2D eigenvalue weighted by molar-refractivity contribution is 5.97. The average molecular weight is 486 g/mol. The van der Waals surface area contributed by atoms with Crippen molar-refractivity contribution in [3.63, 3.8) is 0 Å². The van der Waals surface area contributed by atoms with Crippen LogP contribution in [0.15, 0.2) is 16.9 Å². The fraction of sp³-hybridized carbons (Fsp3) is 0.577. The Kier molecular flexibility index (Phi) is 5.38. The van der Waals surface area contributed by atoms with Crippen LogP contribution in [0.2, 0.25) is 0 Å². The van der Waals surface area contributed by atoms with Gasteiger partial charge in [0, 0.05) is 41.5 Å². The first-order valence-corrected chi connectivity index (χ1v) is 12.2. The zero-order chi connectivity index (χ0) is 25.3. The normalized spacial score (nSPS) is 22.4. The predicted molar refractivity (Wildman–Crippen MR) is 130 cm³/mol. The monoisotopic (exact) mass is 485 g/mol. The number of hydrogen-bond donors (Lipinski definition) is 1. The lowest BCUT2D eigenvalue weighted by Gasteiger charge is -2.28. The second-order valence-electron chi connectivity index (χ2n) is 11.1. The number of nitrogens with one attached hydrogen (secondary N) is 1. The van der Waals surface area contributed by atoms with Gasteiger partial charge in [0.25, 0.3) is 5.56 Å². The molecule has 1 aromatic carbocycles. The van der Waals surface area contributed by atoms with Crippen molar-refractivity contribution in [1.29, 1.82) is 0 Å². The van der Waals surface area contributed by atoms with Crippen LogP contribution >= 0.6 is 0 Å². The third kappa shape index (κ3) is 3.94. The summed E-state index contributed by atoms with van der Waals surface area (Å²) < 4.78 is 27.4. The summed E-state index contributed by atoms with van der Waals surface area (Å²) in [5.41, 5.74) is 0.629. The highest BCUT2D eigenvalue weighted by atomic mass is 19.1. The molecule has 2 aliphatic heterocycles. The van der Waals surface area contributed by atoms with Crippen molar-refractivity contribution in [2.75, 3.05) is 25.1 Å². The van der Waals surface area contributed by atoms with Crippen LogP contribution in [-0.4, -0.2) is 48.0 Å². The van der Waals surface area contributed by atoms with E-state index >= 15 is 4.39 Å². The van der Waals surface area contributed by atoms with Crippen molar-refractivity contribution in [1.82, 2.24) is 9.88 Å². The molecule has 2 fully saturated rings. The maximum Gasteiger partial charge on any atom is 0.408 e. The van der Waals surface area contributed by atoms with E-state index in [2.05, 4.69) is 5.32 Å². The number of methoxy groups -OCH3 is 1. The number of carbonyl (C=O) groups is 2. The molecule has 1 aromatic heterocycles. The third-order valence-corrected chi connectivity index (χ3v) is 7.51. The van der Waals surface area contributed by atoms with E-state index in [1.807, 2.05) is 32.6 Å². The van der Waals surface area contributed by atoms with Crippen LogP contribution in [0.25, 0.3) is 10.9 Å². The number of ether oxygens (including phenoxy) is 2. The van der Waals surface area contributed by atoms with E-state index in [4.69, 9.17) is 9.47 Å². The second kappa shape index (κ2) is 7.96. The quantitative estimate of drug-likeness (QED) is 0.660. The second-order valence-corrected chi connectivity index (χ2v) is 11.1. The molecule has 9 heteroatoms. The van der Waals surface area contributed by atoms with Crippen molar-refractivity contribution in [2.24, 2.45) is 5.92 Å². The lowest BCUT2D eigenvalue weighted by Crippen LogP contribution is -2.45. The Balaban J connectivity index is 1.46. The SMILES string of the molecule is COC(=O)c1cc2cc(F)c(N3CC[C@@H](C4(NC(=O)OC(C)(C)C)CC4)C3)c3c2n(c1=O)C(C)C3. The third-order valence-electron chi connectivity index (χ3n) is 7.51. The van der Waals surface area contributed by atoms with Gasteiger partial charge in [0.15, 0.2) is 0 Å². The van der Waals surface area contributed by atoms with Gasteiger partial charge in [-0.1, -0.05) is 0 Å². The number of hydrogen-bond acceptors (Lipinski definition) is 6. The standard InChI is InChI=1S/C26H32FN3O5/c1-14-10-17-20-15(11-18(23(32)34-5)22(31)30(14)20)12-19(27)21(17)29-9-6-16(13-29)26(7-8-26)28-24(33)35-25(2,3)4/h11-12,14,16H,6-10,13H2,1-5H3,(H,28,33)/t14?,16-/m1/s1. The summed E-state index contributed by atoms with van der Waals surface area (Å²) in [6, 6.07) is 2.64. The topological polar surface area (TPSA) is 89.9 Å². The maximum atomic E-state index is 15.6. The molecule has 1 aliphatic carbocycles. The van der Waals surface area contributed by atoms with Crippen LogP contribution in [0.1, 0.15) is 68.9 Å². The summed E-state index contributed by atoms with van der Waals surface area (Å²) >= 11 is 0. The zero-order valence-corrected chi connectivity index (χ0v) is 20.9. The van der Waals surface area contributed by atoms with E-state index in [9.17, 15) is 14.4 Å². The van der Waals surface area contributed by atoms with E-state index in [0.717, 1.165) is 24.8 Å². The molecule has 8 nitrogen and oxygen atoms in total. The maximum absolute atomic E-state index is 15.6. The predicted octanol–water partition coefficient (Wildman–Crippen LogP) is 3.93. The molecule has 1 N–H and O–H groups in total. The summed E-state index contributed by atoms with van der Waals surface area (Å²) in [4.78, 5) is 39.7. The van der Waals surface area contributed by atoms with Gasteiger partial charge in [-0.3, -0.25) is 4.79 Å². The van der Waals surface area contributed by atoms with Gasteiger partial charge >= 0.3 is 12.1 Å². The van der Waals surface area contributed by atoms with Crippen LogP contribution in [0.3, 0.4) is 0 Å². The number of anilines is 1. The number of esters is 1. The molecule has 5 rings (SSSR count). The smallest absolute Gasteiger partial charge is 0.408 e. The molecule has 2 atom stereocenters. The highest BCUT2D eigenvalue weighted by Crippen LogP contribution is 2.48. The molecule has 3 heterocycles. The van der Waals surface area contributed by atoms with E-state index in [-0.39, 0.29) is 28.9 Å². The average Bonchev–Trinajstić information content (AvgIpc) is 3.21. The number of amides is 1. The summed E-state index contributed by atoms with van der Waals surface area (Å²) in [5.74, 6) is -0.909. The number of halogens is 1. The minimum Gasteiger partial charge on any atom is -0.465 e. The molecule has 0 radical (unpaired) electrons. The largest absolute Gasteiger partial charge is 0.465 e. The van der Waals surface area contributed by atoms with Gasteiger partial charge in [0.1, 0.15) is 17.0 Å². The molecule has 0 spiro atoms.